The minimum Gasteiger partial charge on any atom is -0.508 e. The number of benzene rings is 1. The average molecular weight is 263 g/mol. The lowest BCUT2D eigenvalue weighted by atomic mass is 10.1. The second kappa shape index (κ2) is 5.06. The lowest BCUT2D eigenvalue weighted by Crippen LogP contribution is -2.13. The minimum atomic E-state index is -0.335. The summed E-state index contributed by atoms with van der Waals surface area (Å²) in [4.78, 5) is 15.9. The highest BCUT2D eigenvalue weighted by atomic mass is 35.5. The molecular formula is C13H11ClN2O2. The molecule has 2 N–H and O–H groups in total. The van der Waals surface area contributed by atoms with Crippen LogP contribution in [0.2, 0.25) is 5.02 Å². The Labute approximate surface area is 109 Å². The van der Waals surface area contributed by atoms with Crippen molar-refractivity contribution in [3.05, 3.63) is 52.8 Å². The number of nitrogens with one attached hydrogen (secondary N) is 1. The molecule has 1 heterocycles. The van der Waals surface area contributed by atoms with E-state index in [-0.39, 0.29) is 11.7 Å². The zero-order chi connectivity index (χ0) is 13.1. The van der Waals surface area contributed by atoms with Crippen LogP contribution in [0.5, 0.6) is 5.75 Å². The van der Waals surface area contributed by atoms with Crippen LogP contribution in [-0.2, 0) is 0 Å². The fourth-order valence-corrected chi connectivity index (χ4v) is 1.68. The summed E-state index contributed by atoms with van der Waals surface area (Å²) in [6, 6.07) is 6.37. The number of phenols is 1. The maximum absolute atomic E-state index is 12.0. The van der Waals surface area contributed by atoms with Gasteiger partial charge in [-0.2, -0.15) is 0 Å². The van der Waals surface area contributed by atoms with Crippen molar-refractivity contribution in [1.29, 1.82) is 0 Å². The zero-order valence-corrected chi connectivity index (χ0v) is 10.4. The third kappa shape index (κ3) is 2.43. The van der Waals surface area contributed by atoms with E-state index < -0.39 is 0 Å². The van der Waals surface area contributed by atoms with E-state index in [0.717, 1.165) is 0 Å². The number of carbonyl (C=O) groups excluding carboxylic acids is 1. The van der Waals surface area contributed by atoms with E-state index >= 15 is 0 Å². The molecule has 0 atom stereocenters. The van der Waals surface area contributed by atoms with Crippen molar-refractivity contribution >= 4 is 23.2 Å². The van der Waals surface area contributed by atoms with Crippen LogP contribution in [0, 0.1) is 6.92 Å². The highest BCUT2D eigenvalue weighted by Gasteiger charge is 2.12. The third-order valence-corrected chi connectivity index (χ3v) is 2.90. The molecule has 0 aliphatic carbocycles. The Kier molecular flexibility index (Phi) is 3.48. The van der Waals surface area contributed by atoms with E-state index in [4.69, 9.17) is 11.6 Å². The number of halogens is 1. The molecule has 0 radical (unpaired) electrons. The van der Waals surface area contributed by atoms with Crippen molar-refractivity contribution in [3.63, 3.8) is 0 Å². The monoisotopic (exact) mass is 262 g/mol. The summed E-state index contributed by atoms with van der Waals surface area (Å²) in [5.41, 5.74) is 1.36. The van der Waals surface area contributed by atoms with Crippen LogP contribution in [0.25, 0.3) is 0 Å². The Balaban J connectivity index is 2.28. The number of aromatic hydroxyl groups is 1. The van der Waals surface area contributed by atoms with Gasteiger partial charge in [0.15, 0.2) is 0 Å². The van der Waals surface area contributed by atoms with Gasteiger partial charge in [0, 0.05) is 17.3 Å². The first kappa shape index (κ1) is 12.4. The third-order valence-electron chi connectivity index (χ3n) is 2.57. The summed E-state index contributed by atoms with van der Waals surface area (Å²) in [5, 5.41) is 12.6. The van der Waals surface area contributed by atoms with Crippen LogP contribution < -0.4 is 5.32 Å². The highest BCUT2D eigenvalue weighted by Crippen LogP contribution is 2.23. The van der Waals surface area contributed by atoms with Crippen LogP contribution in [0.1, 0.15) is 15.9 Å². The minimum absolute atomic E-state index is 0.0833. The van der Waals surface area contributed by atoms with Crippen molar-refractivity contribution in [3.8, 4) is 5.75 Å². The number of anilines is 1. The number of nitrogens with zero attached hydrogens (tertiary/aromatic N) is 1. The molecule has 0 bridgehead atoms. The van der Waals surface area contributed by atoms with Gasteiger partial charge in [-0.25, -0.2) is 0 Å². The quantitative estimate of drug-likeness (QED) is 0.875. The number of hydrogen-bond acceptors (Lipinski definition) is 3. The van der Waals surface area contributed by atoms with Gasteiger partial charge >= 0.3 is 0 Å². The van der Waals surface area contributed by atoms with E-state index in [1.807, 2.05) is 0 Å². The van der Waals surface area contributed by atoms with Crippen LogP contribution >= 0.6 is 11.6 Å². The Morgan fingerprint density at radius 2 is 2.17 bits per heavy atom. The summed E-state index contributed by atoms with van der Waals surface area (Å²) >= 11 is 5.92. The van der Waals surface area contributed by atoms with Crippen molar-refractivity contribution in [1.82, 2.24) is 4.98 Å². The highest BCUT2D eigenvalue weighted by molar-refractivity contribution is 6.33. The number of phenolic OH excluding ortho intramolecular Hbond substituents is 1. The molecule has 92 valence electrons. The van der Waals surface area contributed by atoms with Gasteiger partial charge < -0.3 is 10.4 Å². The second-order valence-corrected chi connectivity index (χ2v) is 4.17. The molecule has 0 saturated carbocycles. The first-order chi connectivity index (χ1) is 8.59. The number of rotatable bonds is 2. The maximum Gasteiger partial charge on any atom is 0.256 e. The molecular weight excluding hydrogens is 252 g/mol. The first-order valence-electron chi connectivity index (χ1n) is 5.29. The molecule has 0 spiro atoms. The van der Waals surface area contributed by atoms with Gasteiger partial charge in [0.05, 0.1) is 16.9 Å². The Hall–Kier alpha value is -2.07. The SMILES string of the molecule is Cc1c(O)cccc1C(=O)Nc1cnccc1Cl. The summed E-state index contributed by atoms with van der Waals surface area (Å²) in [5.74, 6) is -0.252. The molecule has 2 rings (SSSR count). The molecule has 1 aromatic carbocycles. The topological polar surface area (TPSA) is 62.2 Å². The average Bonchev–Trinajstić information content (AvgIpc) is 2.35. The molecule has 5 heteroatoms. The van der Waals surface area contributed by atoms with Gasteiger partial charge in [-0.05, 0) is 25.1 Å². The largest absolute Gasteiger partial charge is 0.508 e. The standard InChI is InChI=1S/C13H11ClN2O2/c1-8-9(3-2-4-12(8)17)13(18)16-11-7-15-6-5-10(11)14/h2-7,17H,1H3,(H,16,18). The van der Waals surface area contributed by atoms with Crippen molar-refractivity contribution < 1.29 is 9.90 Å². The van der Waals surface area contributed by atoms with Gasteiger partial charge in [0.1, 0.15) is 5.75 Å². The second-order valence-electron chi connectivity index (χ2n) is 3.76. The molecule has 0 unspecified atom stereocenters. The molecule has 1 amide bonds. The molecule has 0 aliphatic heterocycles. The number of hydrogen-bond donors (Lipinski definition) is 2. The van der Waals surface area contributed by atoms with Crippen LogP contribution in [0.3, 0.4) is 0 Å². The lowest BCUT2D eigenvalue weighted by Gasteiger charge is -2.09. The van der Waals surface area contributed by atoms with Crippen LogP contribution in [-0.4, -0.2) is 16.0 Å². The Morgan fingerprint density at radius 1 is 1.39 bits per heavy atom. The Bertz CT molecular complexity index is 599. The lowest BCUT2D eigenvalue weighted by molar-refractivity contribution is 0.102. The normalized spacial score (nSPS) is 10.1. The Morgan fingerprint density at radius 3 is 2.89 bits per heavy atom. The smallest absolute Gasteiger partial charge is 0.256 e. The number of aromatic nitrogens is 1. The predicted molar refractivity (Wildman–Crippen MR) is 70.0 cm³/mol. The maximum atomic E-state index is 12.0. The van der Waals surface area contributed by atoms with Crippen molar-refractivity contribution in [2.75, 3.05) is 5.32 Å². The first-order valence-corrected chi connectivity index (χ1v) is 5.67. The van der Waals surface area contributed by atoms with E-state index in [1.54, 1.807) is 25.1 Å². The van der Waals surface area contributed by atoms with Gasteiger partial charge in [-0.1, -0.05) is 17.7 Å². The molecule has 0 fully saturated rings. The summed E-state index contributed by atoms with van der Waals surface area (Å²) in [6.45, 7) is 1.68. The summed E-state index contributed by atoms with van der Waals surface area (Å²) in [6.07, 6.45) is 3.01. The molecule has 2 aromatic rings. The van der Waals surface area contributed by atoms with E-state index in [2.05, 4.69) is 10.3 Å². The predicted octanol–water partition coefficient (Wildman–Crippen LogP) is 3.00. The summed E-state index contributed by atoms with van der Waals surface area (Å²) in [7, 11) is 0. The molecule has 0 aliphatic rings. The fourth-order valence-electron chi connectivity index (χ4n) is 1.53. The molecule has 0 saturated heterocycles. The van der Waals surface area contributed by atoms with Gasteiger partial charge in [-0.15, -0.1) is 0 Å². The van der Waals surface area contributed by atoms with E-state index in [0.29, 0.717) is 21.8 Å². The van der Waals surface area contributed by atoms with Crippen LogP contribution in [0.4, 0.5) is 5.69 Å². The molecule has 1 aromatic heterocycles. The van der Waals surface area contributed by atoms with Crippen molar-refractivity contribution in [2.45, 2.75) is 6.92 Å². The zero-order valence-electron chi connectivity index (χ0n) is 9.64. The van der Waals surface area contributed by atoms with Gasteiger partial charge in [0.25, 0.3) is 5.91 Å². The van der Waals surface area contributed by atoms with Gasteiger partial charge in [-0.3, -0.25) is 9.78 Å². The molecule has 4 nitrogen and oxygen atoms in total. The fraction of sp³-hybridized carbons (Fsp3) is 0.0769. The van der Waals surface area contributed by atoms with E-state index in [1.165, 1.54) is 18.5 Å². The van der Waals surface area contributed by atoms with Crippen molar-refractivity contribution in [2.24, 2.45) is 0 Å². The van der Waals surface area contributed by atoms with E-state index in [9.17, 15) is 9.90 Å². The van der Waals surface area contributed by atoms with Crippen LogP contribution in [0.15, 0.2) is 36.7 Å². The number of carbonyl (C=O) groups is 1. The van der Waals surface area contributed by atoms with Gasteiger partial charge in [0.2, 0.25) is 0 Å². The molecule has 18 heavy (non-hydrogen) atoms. The summed E-state index contributed by atoms with van der Waals surface area (Å²) < 4.78 is 0. The number of pyridine rings is 1. The number of amides is 1.